The van der Waals surface area contributed by atoms with E-state index in [2.05, 4.69) is 5.32 Å². The van der Waals surface area contributed by atoms with Gasteiger partial charge in [0.05, 0.1) is 6.54 Å². The first-order valence-corrected chi connectivity index (χ1v) is 7.75. The summed E-state index contributed by atoms with van der Waals surface area (Å²) < 4.78 is 5.48. The molecule has 2 N–H and O–H groups in total. The van der Waals surface area contributed by atoms with E-state index in [1.54, 1.807) is 6.92 Å². The number of carbonyl (C=O) groups is 2. The van der Waals surface area contributed by atoms with Crippen molar-refractivity contribution >= 4 is 11.9 Å². The number of nitrogens with zero attached hydrogens (tertiary/aromatic N) is 1. The Labute approximate surface area is 136 Å². The summed E-state index contributed by atoms with van der Waals surface area (Å²) in [7, 11) is 0. The van der Waals surface area contributed by atoms with Crippen LogP contribution in [0.5, 0.6) is 5.75 Å². The second kappa shape index (κ2) is 6.58. The molecule has 2 rings (SSSR count). The number of carbonyl (C=O) groups excluding carboxylic acids is 2. The zero-order valence-electron chi connectivity index (χ0n) is 14.0. The number of hydrogen-bond donors (Lipinski definition) is 2. The minimum Gasteiger partial charge on any atom is -0.491 e. The van der Waals surface area contributed by atoms with E-state index in [0.717, 1.165) is 10.5 Å². The van der Waals surface area contributed by atoms with Gasteiger partial charge in [-0.3, -0.25) is 9.69 Å². The number of rotatable bonds is 6. The Bertz CT molecular complexity index is 585. The number of benzene rings is 1. The molecule has 3 amide bonds. The van der Waals surface area contributed by atoms with Crippen molar-refractivity contribution in [3.63, 3.8) is 0 Å². The summed E-state index contributed by atoms with van der Waals surface area (Å²) in [6.45, 7) is 7.35. The fourth-order valence-corrected chi connectivity index (χ4v) is 2.36. The van der Waals surface area contributed by atoms with Crippen LogP contribution in [0.2, 0.25) is 0 Å². The van der Waals surface area contributed by atoms with Gasteiger partial charge < -0.3 is 15.2 Å². The number of amides is 3. The molecule has 1 aromatic carbocycles. The van der Waals surface area contributed by atoms with Gasteiger partial charge in [-0.2, -0.15) is 0 Å². The smallest absolute Gasteiger partial charge is 0.325 e. The molecule has 0 bridgehead atoms. The van der Waals surface area contributed by atoms with Gasteiger partial charge in [-0.25, -0.2) is 4.79 Å². The molecule has 0 aliphatic carbocycles. The third-order valence-electron chi connectivity index (χ3n) is 4.31. The third kappa shape index (κ3) is 3.64. The maximum absolute atomic E-state index is 12.4. The normalized spacial score (nSPS) is 22.4. The second-order valence-corrected chi connectivity index (χ2v) is 6.48. The van der Waals surface area contributed by atoms with Crippen molar-refractivity contribution in [3.05, 3.63) is 29.8 Å². The van der Waals surface area contributed by atoms with Gasteiger partial charge in [0.15, 0.2) is 0 Å². The molecule has 0 spiro atoms. The maximum Gasteiger partial charge on any atom is 0.325 e. The number of aryl methyl sites for hydroxylation is 1. The van der Waals surface area contributed by atoms with E-state index in [4.69, 9.17) is 4.74 Å². The molecule has 23 heavy (non-hydrogen) atoms. The molecule has 6 heteroatoms. The highest BCUT2D eigenvalue weighted by Crippen LogP contribution is 2.25. The average Bonchev–Trinajstić information content (AvgIpc) is 2.71. The number of hydrogen-bond acceptors (Lipinski definition) is 4. The molecule has 1 aromatic rings. The second-order valence-electron chi connectivity index (χ2n) is 6.48. The SMILES string of the molecule is Cc1ccc(OC[C@@H](O)CN2C(=O)N[C@@](C)(C(C)C)C2=O)cc1. The molecule has 1 heterocycles. The van der Waals surface area contributed by atoms with Gasteiger partial charge in [0.1, 0.15) is 24.0 Å². The molecular formula is C17H24N2O4. The maximum atomic E-state index is 12.4. The van der Waals surface area contributed by atoms with Crippen LogP contribution in [0.25, 0.3) is 0 Å². The average molecular weight is 320 g/mol. The van der Waals surface area contributed by atoms with E-state index >= 15 is 0 Å². The lowest BCUT2D eigenvalue weighted by atomic mass is 9.88. The minimum absolute atomic E-state index is 0.0124. The summed E-state index contributed by atoms with van der Waals surface area (Å²) in [6.07, 6.45) is -0.944. The highest BCUT2D eigenvalue weighted by Gasteiger charge is 2.49. The highest BCUT2D eigenvalue weighted by atomic mass is 16.5. The Hall–Kier alpha value is -2.08. The van der Waals surface area contributed by atoms with Crippen LogP contribution in [0.4, 0.5) is 4.79 Å². The van der Waals surface area contributed by atoms with Gasteiger partial charge in [0, 0.05) is 0 Å². The van der Waals surface area contributed by atoms with Gasteiger partial charge in [0.25, 0.3) is 5.91 Å². The topological polar surface area (TPSA) is 78.9 Å². The molecule has 126 valence electrons. The Balaban J connectivity index is 1.92. The predicted molar refractivity (Wildman–Crippen MR) is 86.2 cm³/mol. The van der Waals surface area contributed by atoms with Crippen LogP contribution in [-0.2, 0) is 4.79 Å². The first-order chi connectivity index (χ1) is 10.7. The molecule has 2 atom stereocenters. The van der Waals surface area contributed by atoms with Gasteiger partial charge in [-0.15, -0.1) is 0 Å². The third-order valence-corrected chi connectivity index (χ3v) is 4.31. The lowest BCUT2D eigenvalue weighted by Gasteiger charge is -2.26. The van der Waals surface area contributed by atoms with E-state index in [0.29, 0.717) is 5.75 Å². The lowest BCUT2D eigenvalue weighted by molar-refractivity contribution is -0.133. The summed E-state index contributed by atoms with van der Waals surface area (Å²) in [6, 6.07) is 6.97. The monoisotopic (exact) mass is 320 g/mol. The van der Waals surface area contributed by atoms with E-state index < -0.39 is 17.7 Å². The number of β-amino-alcohol motifs (C(OH)–C–C–N with tert-alkyl or cyclic N) is 1. The zero-order chi connectivity index (χ0) is 17.2. The summed E-state index contributed by atoms with van der Waals surface area (Å²) in [5.74, 6) is 0.288. The van der Waals surface area contributed by atoms with E-state index in [9.17, 15) is 14.7 Å². The lowest BCUT2D eigenvalue weighted by Crippen LogP contribution is -2.49. The van der Waals surface area contributed by atoms with E-state index in [1.807, 2.05) is 45.0 Å². The van der Waals surface area contributed by atoms with Crippen LogP contribution in [0.1, 0.15) is 26.3 Å². The van der Waals surface area contributed by atoms with Crippen LogP contribution in [0, 0.1) is 12.8 Å². The van der Waals surface area contributed by atoms with Crippen LogP contribution in [-0.4, -0.2) is 46.7 Å². The van der Waals surface area contributed by atoms with Crippen LogP contribution >= 0.6 is 0 Å². The fourth-order valence-electron chi connectivity index (χ4n) is 2.36. The number of nitrogens with one attached hydrogen (secondary N) is 1. The fraction of sp³-hybridized carbons (Fsp3) is 0.529. The first-order valence-electron chi connectivity index (χ1n) is 7.75. The molecule has 1 aliphatic rings. The molecule has 1 fully saturated rings. The van der Waals surface area contributed by atoms with Crippen molar-refractivity contribution in [2.24, 2.45) is 5.92 Å². The standard InChI is InChI=1S/C17H24N2O4/c1-11(2)17(4)15(21)19(16(22)18-17)9-13(20)10-23-14-7-5-12(3)6-8-14/h5-8,11,13,20H,9-10H2,1-4H3,(H,18,22)/t13-,17-/m0/s1. The summed E-state index contributed by atoms with van der Waals surface area (Å²) in [5.41, 5.74) is 0.194. The van der Waals surface area contributed by atoms with Crippen LogP contribution in [0.15, 0.2) is 24.3 Å². The van der Waals surface area contributed by atoms with Crippen LogP contribution < -0.4 is 10.1 Å². The largest absolute Gasteiger partial charge is 0.491 e. The molecular weight excluding hydrogens is 296 g/mol. The minimum atomic E-state index is -0.944. The number of aliphatic hydroxyl groups excluding tert-OH is 1. The van der Waals surface area contributed by atoms with Crippen molar-refractivity contribution < 1.29 is 19.4 Å². The first kappa shape index (κ1) is 17.3. The quantitative estimate of drug-likeness (QED) is 0.782. The van der Waals surface area contributed by atoms with E-state index in [1.165, 1.54) is 0 Å². The summed E-state index contributed by atoms with van der Waals surface area (Å²) in [5, 5.41) is 12.8. The summed E-state index contributed by atoms with van der Waals surface area (Å²) in [4.78, 5) is 25.5. The van der Waals surface area contributed by atoms with Crippen molar-refractivity contribution in [2.75, 3.05) is 13.2 Å². The molecule has 6 nitrogen and oxygen atoms in total. The Kier molecular flexibility index (Phi) is 4.94. The number of imide groups is 1. The number of aliphatic hydroxyl groups is 1. The van der Waals surface area contributed by atoms with Gasteiger partial charge in [-0.1, -0.05) is 31.5 Å². The highest BCUT2D eigenvalue weighted by molar-refractivity contribution is 6.06. The number of urea groups is 1. The van der Waals surface area contributed by atoms with Gasteiger partial charge in [-0.05, 0) is 31.9 Å². The van der Waals surface area contributed by atoms with Gasteiger partial charge >= 0.3 is 6.03 Å². The molecule has 1 aliphatic heterocycles. The molecule has 0 unspecified atom stereocenters. The molecule has 0 saturated carbocycles. The molecule has 0 radical (unpaired) electrons. The Morgan fingerprint density at radius 2 is 1.87 bits per heavy atom. The van der Waals surface area contributed by atoms with E-state index in [-0.39, 0.29) is 25.0 Å². The van der Waals surface area contributed by atoms with Crippen molar-refractivity contribution in [1.82, 2.24) is 10.2 Å². The Morgan fingerprint density at radius 3 is 2.39 bits per heavy atom. The molecule has 1 saturated heterocycles. The van der Waals surface area contributed by atoms with Gasteiger partial charge in [0.2, 0.25) is 0 Å². The predicted octanol–water partition coefficient (Wildman–Crippen LogP) is 1.70. The van der Waals surface area contributed by atoms with Crippen molar-refractivity contribution in [1.29, 1.82) is 0 Å². The summed E-state index contributed by atoms with van der Waals surface area (Å²) >= 11 is 0. The zero-order valence-corrected chi connectivity index (χ0v) is 14.0. The number of ether oxygens (including phenoxy) is 1. The van der Waals surface area contributed by atoms with Crippen molar-refractivity contribution in [2.45, 2.75) is 39.3 Å². The van der Waals surface area contributed by atoms with Crippen LogP contribution in [0.3, 0.4) is 0 Å². The Morgan fingerprint density at radius 1 is 1.26 bits per heavy atom. The van der Waals surface area contributed by atoms with Crippen molar-refractivity contribution in [3.8, 4) is 5.75 Å². The molecule has 0 aromatic heterocycles.